The summed E-state index contributed by atoms with van der Waals surface area (Å²) < 4.78 is 5.83. The van der Waals surface area contributed by atoms with E-state index in [-0.39, 0.29) is 5.92 Å². The molecule has 2 rings (SSSR count). The summed E-state index contributed by atoms with van der Waals surface area (Å²) in [5, 5.41) is 19.7. The van der Waals surface area contributed by atoms with Gasteiger partial charge in [-0.1, -0.05) is 13.8 Å². The molecule has 2 fully saturated rings. The molecule has 0 radical (unpaired) electrons. The third kappa shape index (κ3) is 0.953. The molecule has 0 aromatic carbocycles. The van der Waals surface area contributed by atoms with Crippen LogP contribution in [-0.4, -0.2) is 33.6 Å². The summed E-state index contributed by atoms with van der Waals surface area (Å²) in [6.45, 7) is 5.96. The predicted octanol–water partition coefficient (Wildman–Crippen LogP) is 0.686. The summed E-state index contributed by atoms with van der Waals surface area (Å²) >= 11 is 0. The van der Waals surface area contributed by atoms with E-state index in [1.54, 1.807) is 0 Å². The smallest absolute Gasteiger partial charge is 0.112 e. The third-order valence-electron chi connectivity index (χ3n) is 3.84. The largest absolute Gasteiger partial charge is 0.387 e. The fraction of sp³-hybridized carbons (Fsp3) is 1.00. The summed E-state index contributed by atoms with van der Waals surface area (Å²) in [6.07, 6.45) is 0.276. The highest BCUT2D eigenvalue weighted by Gasteiger charge is 2.65. The minimum atomic E-state index is -0.719. The van der Waals surface area contributed by atoms with Crippen molar-refractivity contribution < 1.29 is 14.9 Å². The Hall–Kier alpha value is -0.120. The van der Waals surface area contributed by atoms with E-state index in [4.69, 9.17) is 4.74 Å². The molecule has 2 saturated heterocycles. The van der Waals surface area contributed by atoms with Gasteiger partial charge in [0.2, 0.25) is 0 Å². The molecule has 0 unspecified atom stereocenters. The van der Waals surface area contributed by atoms with Crippen molar-refractivity contribution in [2.45, 2.75) is 57.0 Å². The van der Waals surface area contributed by atoms with Crippen LogP contribution in [0, 0.1) is 5.92 Å². The Morgan fingerprint density at radius 2 is 1.85 bits per heavy atom. The van der Waals surface area contributed by atoms with Crippen molar-refractivity contribution >= 4 is 0 Å². The minimum absolute atomic E-state index is 0.251. The Morgan fingerprint density at radius 1 is 1.23 bits per heavy atom. The molecule has 2 aliphatic heterocycles. The molecule has 2 aliphatic rings. The Labute approximate surface area is 78.7 Å². The second-order valence-electron chi connectivity index (χ2n) is 4.91. The zero-order valence-electron chi connectivity index (χ0n) is 8.45. The van der Waals surface area contributed by atoms with Crippen LogP contribution in [0.2, 0.25) is 0 Å². The van der Waals surface area contributed by atoms with E-state index in [2.05, 4.69) is 0 Å². The van der Waals surface area contributed by atoms with E-state index < -0.39 is 23.4 Å². The van der Waals surface area contributed by atoms with E-state index in [0.29, 0.717) is 0 Å². The van der Waals surface area contributed by atoms with Crippen molar-refractivity contribution in [2.24, 2.45) is 5.92 Å². The molecule has 0 amide bonds. The van der Waals surface area contributed by atoms with Crippen LogP contribution in [0.4, 0.5) is 0 Å². The maximum Gasteiger partial charge on any atom is 0.112 e. The summed E-state index contributed by atoms with van der Waals surface area (Å²) in [5.41, 5.74) is -1.00. The number of aliphatic hydroxyl groups excluding tert-OH is 2. The van der Waals surface area contributed by atoms with Crippen LogP contribution in [0.5, 0.6) is 0 Å². The average Bonchev–Trinajstić information content (AvgIpc) is 2.50. The first kappa shape index (κ1) is 9.44. The number of rotatable bonds is 1. The standard InChI is InChI=1S/C10H18O3/c1-6(2)10-5-4-9(3,13-10)7(11)8(10)12/h6-8,11-12H,4-5H2,1-3H3/t7-,8+,9-,10-/m0/s1. The van der Waals surface area contributed by atoms with E-state index >= 15 is 0 Å². The summed E-state index contributed by atoms with van der Waals surface area (Å²) in [4.78, 5) is 0. The monoisotopic (exact) mass is 186 g/mol. The predicted molar refractivity (Wildman–Crippen MR) is 48.3 cm³/mol. The van der Waals surface area contributed by atoms with Gasteiger partial charge in [0.25, 0.3) is 0 Å². The molecule has 2 bridgehead atoms. The highest BCUT2D eigenvalue weighted by Crippen LogP contribution is 2.53. The molecular formula is C10H18O3. The van der Waals surface area contributed by atoms with Crippen molar-refractivity contribution in [3.8, 4) is 0 Å². The van der Waals surface area contributed by atoms with Crippen molar-refractivity contribution in [1.82, 2.24) is 0 Å². The first-order chi connectivity index (χ1) is 5.92. The molecule has 0 aromatic rings. The van der Waals surface area contributed by atoms with Gasteiger partial charge in [0.15, 0.2) is 0 Å². The number of aliphatic hydroxyl groups is 2. The van der Waals surface area contributed by atoms with Crippen LogP contribution in [0.25, 0.3) is 0 Å². The van der Waals surface area contributed by atoms with E-state index in [9.17, 15) is 10.2 Å². The van der Waals surface area contributed by atoms with Crippen LogP contribution >= 0.6 is 0 Å². The lowest BCUT2D eigenvalue weighted by molar-refractivity contribution is -0.0974. The van der Waals surface area contributed by atoms with Gasteiger partial charge in [-0.15, -0.1) is 0 Å². The summed E-state index contributed by atoms with van der Waals surface area (Å²) in [5.74, 6) is 0.251. The van der Waals surface area contributed by atoms with Gasteiger partial charge < -0.3 is 14.9 Å². The van der Waals surface area contributed by atoms with Gasteiger partial charge in [-0.25, -0.2) is 0 Å². The van der Waals surface area contributed by atoms with Gasteiger partial charge in [-0.2, -0.15) is 0 Å². The lowest BCUT2D eigenvalue weighted by Gasteiger charge is -2.34. The zero-order valence-corrected chi connectivity index (χ0v) is 8.45. The molecular weight excluding hydrogens is 168 g/mol. The highest BCUT2D eigenvalue weighted by molar-refractivity contribution is 5.14. The molecule has 3 heteroatoms. The summed E-state index contributed by atoms with van der Waals surface area (Å²) in [7, 11) is 0. The number of hydrogen-bond acceptors (Lipinski definition) is 3. The molecule has 3 nitrogen and oxygen atoms in total. The topological polar surface area (TPSA) is 49.7 Å². The normalized spacial score (nSPS) is 54.9. The molecule has 0 spiro atoms. The van der Waals surface area contributed by atoms with Crippen molar-refractivity contribution in [2.75, 3.05) is 0 Å². The van der Waals surface area contributed by atoms with Crippen molar-refractivity contribution in [1.29, 1.82) is 0 Å². The zero-order chi connectivity index (χ0) is 9.85. The average molecular weight is 186 g/mol. The van der Waals surface area contributed by atoms with Gasteiger partial charge in [-0.3, -0.25) is 0 Å². The Kier molecular flexibility index (Phi) is 1.79. The first-order valence-electron chi connectivity index (χ1n) is 4.99. The lowest BCUT2D eigenvalue weighted by Crippen LogP contribution is -2.50. The Balaban J connectivity index is 2.34. The fourth-order valence-electron chi connectivity index (χ4n) is 2.75. The molecule has 0 aromatic heterocycles. The number of ether oxygens (including phenoxy) is 1. The Bertz CT molecular complexity index is 228. The van der Waals surface area contributed by atoms with Gasteiger partial charge in [0.05, 0.1) is 11.2 Å². The van der Waals surface area contributed by atoms with Crippen LogP contribution in [0.1, 0.15) is 33.6 Å². The maximum absolute atomic E-state index is 9.90. The van der Waals surface area contributed by atoms with Crippen molar-refractivity contribution in [3.63, 3.8) is 0 Å². The molecule has 0 saturated carbocycles. The maximum atomic E-state index is 9.90. The quantitative estimate of drug-likeness (QED) is 0.633. The molecule has 13 heavy (non-hydrogen) atoms. The molecule has 2 heterocycles. The van der Waals surface area contributed by atoms with Crippen LogP contribution in [0.15, 0.2) is 0 Å². The summed E-state index contributed by atoms with van der Waals surface area (Å²) in [6, 6.07) is 0. The third-order valence-corrected chi connectivity index (χ3v) is 3.84. The van der Waals surface area contributed by atoms with E-state index in [1.807, 2.05) is 20.8 Å². The fourth-order valence-corrected chi connectivity index (χ4v) is 2.75. The van der Waals surface area contributed by atoms with Gasteiger partial charge in [0.1, 0.15) is 12.2 Å². The van der Waals surface area contributed by atoms with Crippen LogP contribution in [0.3, 0.4) is 0 Å². The molecule has 4 atom stereocenters. The highest BCUT2D eigenvalue weighted by atomic mass is 16.6. The second kappa shape index (κ2) is 2.47. The van der Waals surface area contributed by atoms with Gasteiger partial charge in [-0.05, 0) is 25.7 Å². The first-order valence-corrected chi connectivity index (χ1v) is 4.99. The Morgan fingerprint density at radius 3 is 2.15 bits per heavy atom. The van der Waals surface area contributed by atoms with Crippen LogP contribution in [-0.2, 0) is 4.74 Å². The van der Waals surface area contributed by atoms with E-state index in [1.165, 1.54) is 0 Å². The second-order valence-corrected chi connectivity index (χ2v) is 4.91. The SMILES string of the molecule is CC(C)[C@]12CC[C@](C)(O1)[C@@H](O)[C@H]2O. The van der Waals surface area contributed by atoms with E-state index in [0.717, 1.165) is 12.8 Å². The van der Waals surface area contributed by atoms with Gasteiger partial charge >= 0.3 is 0 Å². The van der Waals surface area contributed by atoms with Gasteiger partial charge in [0, 0.05) is 0 Å². The number of fused-ring (bicyclic) bond motifs is 2. The molecule has 2 N–H and O–H groups in total. The van der Waals surface area contributed by atoms with Crippen molar-refractivity contribution in [3.05, 3.63) is 0 Å². The molecule has 76 valence electrons. The minimum Gasteiger partial charge on any atom is -0.387 e. The van der Waals surface area contributed by atoms with Crippen LogP contribution < -0.4 is 0 Å². The number of hydrogen-bond donors (Lipinski definition) is 2. The molecule has 0 aliphatic carbocycles. The lowest BCUT2D eigenvalue weighted by atomic mass is 9.73.